The molecule has 2 aromatic heterocycles. The molecule has 126 valence electrons. The fourth-order valence-electron chi connectivity index (χ4n) is 2.11. The Labute approximate surface area is 140 Å². The number of amides is 2. The maximum Gasteiger partial charge on any atom is 0.371 e. The van der Waals surface area contributed by atoms with Crippen LogP contribution in [0.4, 0.5) is 5.82 Å². The maximum atomic E-state index is 12.2. The summed E-state index contributed by atoms with van der Waals surface area (Å²) < 4.78 is 5.11. The van der Waals surface area contributed by atoms with Crippen LogP contribution < -0.4 is 11.1 Å². The third kappa shape index (κ3) is 3.24. The number of nitrogens with one attached hydrogen (secondary N) is 2. The van der Waals surface area contributed by atoms with E-state index in [-0.39, 0.29) is 28.9 Å². The molecule has 0 aliphatic heterocycles. The van der Waals surface area contributed by atoms with Gasteiger partial charge >= 0.3 is 5.97 Å². The van der Waals surface area contributed by atoms with Crippen molar-refractivity contribution in [1.29, 1.82) is 0 Å². The summed E-state index contributed by atoms with van der Waals surface area (Å²) in [5.41, 5.74) is 5.45. The van der Waals surface area contributed by atoms with E-state index in [1.807, 2.05) is 0 Å². The van der Waals surface area contributed by atoms with Gasteiger partial charge in [-0.3, -0.25) is 9.59 Å². The number of carbonyl (C=O) groups excluding carboxylic acids is 2. The number of benzene rings is 1. The first-order valence-corrected chi connectivity index (χ1v) is 7.05. The molecule has 0 unspecified atom stereocenters. The van der Waals surface area contributed by atoms with Crippen molar-refractivity contribution in [2.45, 2.75) is 0 Å². The van der Waals surface area contributed by atoms with Crippen molar-refractivity contribution in [3.05, 3.63) is 59.5 Å². The lowest BCUT2D eigenvalue weighted by Gasteiger charge is -2.03. The van der Waals surface area contributed by atoms with Gasteiger partial charge in [0, 0.05) is 5.56 Å². The Bertz CT molecular complexity index is 958. The van der Waals surface area contributed by atoms with Gasteiger partial charge in [0.2, 0.25) is 5.76 Å². The van der Waals surface area contributed by atoms with Gasteiger partial charge in [-0.2, -0.15) is 0 Å². The molecule has 9 nitrogen and oxygen atoms in total. The number of aromatic nitrogens is 2. The second-order valence-corrected chi connectivity index (χ2v) is 4.96. The standard InChI is InChI=1S/C16H12N4O5/c17-12(21)11-14(20-15(22)8-4-2-1-3-5-8)19-13(18-11)9-6-7-10(25-9)16(23)24/h1-7H,(H2,17,21)(H,18,19)(H,20,22)(H,23,24). The third-order valence-corrected chi connectivity index (χ3v) is 3.26. The molecule has 25 heavy (non-hydrogen) atoms. The van der Waals surface area contributed by atoms with Gasteiger partial charge in [0.05, 0.1) is 0 Å². The van der Waals surface area contributed by atoms with E-state index in [9.17, 15) is 14.4 Å². The summed E-state index contributed by atoms with van der Waals surface area (Å²) >= 11 is 0. The van der Waals surface area contributed by atoms with E-state index in [1.165, 1.54) is 12.1 Å². The normalized spacial score (nSPS) is 10.4. The molecule has 9 heteroatoms. The fraction of sp³-hybridized carbons (Fsp3) is 0. The summed E-state index contributed by atoms with van der Waals surface area (Å²) in [5.74, 6) is -2.73. The predicted molar refractivity (Wildman–Crippen MR) is 86.2 cm³/mol. The Balaban J connectivity index is 1.93. The van der Waals surface area contributed by atoms with Crippen LogP contribution >= 0.6 is 0 Å². The molecular formula is C16H12N4O5. The molecule has 2 amide bonds. The highest BCUT2D eigenvalue weighted by Crippen LogP contribution is 2.24. The molecule has 1 aromatic carbocycles. The summed E-state index contributed by atoms with van der Waals surface area (Å²) in [6.45, 7) is 0. The number of nitrogens with zero attached hydrogens (tertiary/aromatic N) is 1. The number of hydrogen-bond donors (Lipinski definition) is 4. The second kappa shape index (κ2) is 6.32. The average Bonchev–Trinajstić information content (AvgIpc) is 3.22. The number of hydrogen-bond acceptors (Lipinski definition) is 5. The van der Waals surface area contributed by atoms with Gasteiger partial charge in [0.1, 0.15) is 5.82 Å². The Morgan fingerprint density at radius 2 is 1.84 bits per heavy atom. The summed E-state index contributed by atoms with van der Waals surface area (Å²) in [5, 5.41) is 11.4. The molecule has 0 spiro atoms. The monoisotopic (exact) mass is 340 g/mol. The van der Waals surface area contributed by atoms with Crippen LogP contribution in [0.2, 0.25) is 0 Å². The SMILES string of the molecule is NC(=O)c1nc(-c2ccc(C(=O)O)o2)[nH]c1NC(=O)c1ccccc1. The zero-order valence-electron chi connectivity index (χ0n) is 12.6. The molecular weight excluding hydrogens is 328 g/mol. The minimum absolute atomic E-state index is 0.00960. The van der Waals surface area contributed by atoms with E-state index in [0.29, 0.717) is 5.56 Å². The number of nitrogens with two attached hydrogens (primary N) is 1. The van der Waals surface area contributed by atoms with E-state index in [4.69, 9.17) is 15.3 Å². The molecule has 0 radical (unpaired) electrons. The highest BCUT2D eigenvalue weighted by molar-refractivity contribution is 6.07. The van der Waals surface area contributed by atoms with E-state index in [1.54, 1.807) is 30.3 Å². The minimum Gasteiger partial charge on any atom is -0.475 e. The molecule has 5 N–H and O–H groups in total. The number of carboxylic acids is 1. The number of carboxylic acid groups (broad SMARTS) is 1. The van der Waals surface area contributed by atoms with Crippen molar-refractivity contribution in [1.82, 2.24) is 9.97 Å². The van der Waals surface area contributed by atoms with Crippen LogP contribution in [0.3, 0.4) is 0 Å². The number of imidazole rings is 1. The predicted octanol–water partition coefficient (Wildman–Crippen LogP) is 1.72. The van der Waals surface area contributed by atoms with Crippen molar-refractivity contribution in [3.63, 3.8) is 0 Å². The summed E-state index contributed by atoms with van der Waals surface area (Å²) in [7, 11) is 0. The van der Waals surface area contributed by atoms with Crippen molar-refractivity contribution >= 4 is 23.6 Å². The lowest BCUT2D eigenvalue weighted by atomic mass is 10.2. The van der Waals surface area contributed by atoms with E-state index < -0.39 is 17.8 Å². The lowest BCUT2D eigenvalue weighted by molar-refractivity contribution is 0.0663. The first kappa shape index (κ1) is 16.0. The first-order chi connectivity index (χ1) is 12.0. The van der Waals surface area contributed by atoms with Gasteiger partial charge in [0.25, 0.3) is 11.8 Å². The molecule has 0 saturated heterocycles. The van der Waals surface area contributed by atoms with Crippen molar-refractivity contribution in [3.8, 4) is 11.6 Å². The van der Waals surface area contributed by atoms with Crippen LogP contribution in [-0.4, -0.2) is 32.9 Å². The number of rotatable bonds is 5. The first-order valence-electron chi connectivity index (χ1n) is 7.05. The van der Waals surface area contributed by atoms with Crippen molar-refractivity contribution in [2.24, 2.45) is 5.73 Å². The summed E-state index contributed by atoms with van der Waals surface area (Å²) in [4.78, 5) is 41.3. The second-order valence-electron chi connectivity index (χ2n) is 4.96. The van der Waals surface area contributed by atoms with Crippen LogP contribution in [0.1, 0.15) is 31.4 Å². The quantitative estimate of drug-likeness (QED) is 0.555. The summed E-state index contributed by atoms with van der Waals surface area (Å²) in [6, 6.07) is 11.0. The van der Waals surface area contributed by atoms with Crippen LogP contribution in [-0.2, 0) is 0 Å². The molecule has 0 fully saturated rings. The minimum atomic E-state index is -1.24. The molecule has 3 rings (SSSR count). The zero-order valence-corrected chi connectivity index (χ0v) is 12.6. The Morgan fingerprint density at radius 1 is 1.12 bits per heavy atom. The molecule has 0 bridgehead atoms. The zero-order chi connectivity index (χ0) is 18.0. The Hall–Kier alpha value is -3.88. The Morgan fingerprint density at radius 3 is 2.44 bits per heavy atom. The smallest absolute Gasteiger partial charge is 0.371 e. The van der Waals surface area contributed by atoms with Crippen LogP contribution in [0.5, 0.6) is 0 Å². The number of primary amides is 1. The average molecular weight is 340 g/mol. The lowest BCUT2D eigenvalue weighted by Crippen LogP contribution is -2.18. The highest BCUT2D eigenvalue weighted by Gasteiger charge is 2.21. The number of aromatic carboxylic acids is 1. The molecule has 3 aromatic rings. The van der Waals surface area contributed by atoms with Gasteiger partial charge in [0.15, 0.2) is 17.3 Å². The van der Waals surface area contributed by atoms with Gasteiger partial charge in [-0.15, -0.1) is 0 Å². The number of aromatic amines is 1. The van der Waals surface area contributed by atoms with Gasteiger partial charge < -0.3 is 25.6 Å². The molecule has 0 aliphatic carbocycles. The van der Waals surface area contributed by atoms with Crippen LogP contribution in [0, 0.1) is 0 Å². The van der Waals surface area contributed by atoms with Crippen LogP contribution in [0.15, 0.2) is 46.9 Å². The van der Waals surface area contributed by atoms with Crippen molar-refractivity contribution < 1.29 is 23.9 Å². The Kier molecular flexibility index (Phi) is 4.04. The molecule has 2 heterocycles. The largest absolute Gasteiger partial charge is 0.475 e. The maximum absolute atomic E-state index is 12.2. The molecule has 0 atom stereocenters. The topological polar surface area (TPSA) is 151 Å². The van der Waals surface area contributed by atoms with Crippen molar-refractivity contribution in [2.75, 3.05) is 5.32 Å². The van der Waals surface area contributed by atoms with E-state index in [0.717, 1.165) is 0 Å². The van der Waals surface area contributed by atoms with E-state index in [2.05, 4.69) is 15.3 Å². The number of anilines is 1. The van der Waals surface area contributed by atoms with Crippen LogP contribution in [0.25, 0.3) is 11.6 Å². The van der Waals surface area contributed by atoms with Gasteiger partial charge in [-0.25, -0.2) is 9.78 Å². The molecule has 0 aliphatic rings. The number of furan rings is 1. The highest BCUT2D eigenvalue weighted by atomic mass is 16.4. The number of carbonyl (C=O) groups is 3. The van der Waals surface area contributed by atoms with Gasteiger partial charge in [-0.05, 0) is 24.3 Å². The third-order valence-electron chi connectivity index (χ3n) is 3.26. The fourth-order valence-corrected chi connectivity index (χ4v) is 2.11. The van der Waals surface area contributed by atoms with E-state index >= 15 is 0 Å². The van der Waals surface area contributed by atoms with Gasteiger partial charge in [-0.1, -0.05) is 18.2 Å². The summed E-state index contributed by atoms with van der Waals surface area (Å²) in [6.07, 6.45) is 0. The number of H-pyrrole nitrogens is 1. The molecule has 0 saturated carbocycles.